The Balaban J connectivity index is 2.23. The number of urea groups is 1. The zero-order valence-electron chi connectivity index (χ0n) is 10.9. The fourth-order valence-electron chi connectivity index (χ4n) is 1.81. The second kappa shape index (κ2) is 7.93. The van der Waals surface area contributed by atoms with Crippen LogP contribution in [0, 0.1) is 0 Å². The molecular weight excluding hydrogens is 256 g/mol. The number of amides is 2. The van der Waals surface area contributed by atoms with E-state index in [1.54, 1.807) is 4.90 Å². The number of rotatable bonds is 6. The topological polar surface area (TPSA) is 108 Å². The number of carbonyl (C=O) groups is 2. The second-order valence-corrected chi connectivity index (χ2v) is 4.33. The summed E-state index contributed by atoms with van der Waals surface area (Å²) in [6.07, 6.45) is -0.488. The van der Waals surface area contributed by atoms with Gasteiger partial charge in [0.2, 0.25) is 0 Å². The molecule has 0 aromatic heterocycles. The van der Waals surface area contributed by atoms with E-state index in [2.05, 4.69) is 5.32 Å². The van der Waals surface area contributed by atoms with Crippen molar-refractivity contribution in [2.75, 3.05) is 39.5 Å². The second-order valence-electron chi connectivity index (χ2n) is 4.33. The number of aliphatic carboxylic acids is 1. The molecule has 0 spiro atoms. The molecule has 1 aliphatic rings. The standard InChI is InChI=1S/C11H20N2O6/c1-8-4-13(5-9(6-14)19-8)11(17)12-2-3-18-7-10(15)16/h8-9,14H,2-7H2,1H3,(H,12,17)(H,15,16). The Morgan fingerprint density at radius 2 is 2.21 bits per heavy atom. The summed E-state index contributed by atoms with van der Waals surface area (Å²) in [5.74, 6) is -1.04. The lowest BCUT2D eigenvalue weighted by atomic mass is 10.2. The fourth-order valence-corrected chi connectivity index (χ4v) is 1.81. The van der Waals surface area contributed by atoms with Crippen LogP contribution in [0.3, 0.4) is 0 Å². The van der Waals surface area contributed by atoms with Gasteiger partial charge in [0.25, 0.3) is 0 Å². The van der Waals surface area contributed by atoms with Crippen molar-refractivity contribution in [1.29, 1.82) is 0 Å². The normalized spacial score (nSPS) is 23.2. The molecule has 0 radical (unpaired) electrons. The Hall–Kier alpha value is -1.38. The third-order valence-electron chi connectivity index (χ3n) is 2.57. The minimum absolute atomic E-state index is 0.125. The third kappa shape index (κ3) is 5.86. The Morgan fingerprint density at radius 3 is 2.84 bits per heavy atom. The van der Waals surface area contributed by atoms with Crippen molar-refractivity contribution in [1.82, 2.24) is 10.2 Å². The molecule has 0 aromatic rings. The van der Waals surface area contributed by atoms with Crippen molar-refractivity contribution in [2.24, 2.45) is 0 Å². The predicted molar refractivity (Wildman–Crippen MR) is 64.8 cm³/mol. The molecule has 110 valence electrons. The number of morpholine rings is 1. The summed E-state index contributed by atoms with van der Waals surface area (Å²) in [4.78, 5) is 23.6. The number of hydrogen-bond acceptors (Lipinski definition) is 5. The average Bonchev–Trinajstić information content (AvgIpc) is 2.36. The summed E-state index contributed by atoms with van der Waals surface area (Å²) in [7, 11) is 0. The van der Waals surface area contributed by atoms with Crippen LogP contribution in [0.4, 0.5) is 4.79 Å². The van der Waals surface area contributed by atoms with E-state index >= 15 is 0 Å². The zero-order valence-corrected chi connectivity index (χ0v) is 10.9. The van der Waals surface area contributed by atoms with E-state index in [-0.39, 0.29) is 44.6 Å². The van der Waals surface area contributed by atoms with Gasteiger partial charge in [0.15, 0.2) is 0 Å². The van der Waals surface area contributed by atoms with E-state index in [0.29, 0.717) is 13.1 Å². The van der Waals surface area contributed by atoms with E-state index in [0.717, 1.165) is 0 Å². The number of carbonyl (C=O) groups excluding carboxylic acids is 1. The molecule has 2 amide bonds. The molecule has 8 nitrogen and oxygen atoms in total. The predicted octanol–water partition coefficient (Wildman–Crippen LogP) is -1.12. The van der Waals surface area contributed by atoms with Gasteiger partial charge in [0.05, 0.1) is 32.0 Å². The highest BCUT2D eigenvalue weighted by Crippen LogP contribution is 2.10. The number of hydrogen-bond donors (Lipinski definition) is 3. The molecule has 0 bridgehead atoms. The lowest BCUT2D eigenvalue weighted by Crippen LogP contribution is -2.53. The molecular formula is C11H20N2O6. The minimum atomic E-state index is -1.04. The SMILES string of the molecule is CC1CN(C(=O)NCCOCC(=O)O)CC(CO)O1. The smallest absolute Gasteiger partial charge is 0.329 e. The number of ether oxygens (including phenoxy) is 2. The van der Waals surface area contributed by atoms with Crippen LogP contribution in [0.15, 0.2) is 0 Å². The Morgan fingerprint density at radius 1 is 1.47 bits per heavy atom. The molecule has 8 heteroatoms. The highest BCUT2D eigenvalue weighted by molar-refractivity contribution is 5.74. The van der Waals surface area contributed by atoms with Crippen molar-refractivity contribution in [2.45, 2.75) is 19.1 Å². The van der Waals surface area contributed by atoms with Crippen molar-refractivity contribution in [3.63, 3.8) is 0 Å². The number of carboxylic acids is 1. The average molecular weight is 276 g/mol. The Kier molecular flexibility index (Phi) is 6.54. The summed E-state index contributed by atoms with van der Waals surface area (Å²) >= 11 is 0. The maximum Gasteiger partial charge on any atom is 0.329 e. The summed E-state index contributed by atoms with van der Waals surface area (Å²) < 4.78 is 10.2. The van der Waals surface area contributed by atoms with E-state index in [1.807, 2.05) is 6.92 Å². The van der Waals surface area contributed by atoms with Crippen molar-refractivity contribution < 1.29 is 29.3 Å². The van der Waals surface area contributed by atoms with Crippen LogP contribution in [-0.4, -0.2) is 78.8 Å². The summed E-state index contributed by atoms with van der Waals surface area (Å²) in [5.41, 5.74) is 0. The van der Waals surface area contributed by atoms with Crippen LogP contribution in [0.25, 0.3) is 0 Å². The van der Waals surface area contributed by atoms with E-state index in [4.69, 9.17) is 19.7 Å². The summed E-state index contributed by atoms with van der Waals surface area (Å²) in [5, 5.41) is 20.0. The molecule has 2 unspecified atom stereocenters. The van der Waals surface area contributed by atoms with Gasteiger partial charge in [-0.15, -0.1) is 0 Å². The van der Waals surface area contributed by atoms with Crippen LogP contribution in [0.2, 0.25) is 0 Å². The molecule has 19 heavy (non-hydrogen) atoms. The number of aliphatic hydroxyl groups is 1. The van der Waals surface area contributed by atoms with Crippen LogP contribution in [-0.2, 0) is 14.3 Å². The van der Waals surface area contributed by atoms with Gasteiger partial charge in [-0.05, 0) is 6.92 Å². The number of aliphatic hydroxyl groups excluding tert-OH is 1. The highest BCUT2D eigenvalue weighted by atomic mass is 16.5. The van der Waals surface area contributed by atoms with Crippen molar-refractivity contribution in [3.8, 4) is 0 Å². The van der Waals surface area contributed by atoms with Gasteiger partial charge in [-0.25, -0.2) is 9.59 Å². The molecule has 0 aliphatic carbocycles. The van der Waals surface area contributed by atoms with Gasteiger partial charge in [0.1, 0.15) is 6.61 Å². The third-order valence-corrected chi connectivity index (χ3v) is 2.57. The van der Waals surface area contributed by atoms with Crippen molar-refractivity contribution >= 4 is 12.0 Å². The van der Waals surface area contributed by atoms with E-state index in [9.17, 15) is 9.59 Å². The van der Waals surface area contributed by atoms with Crippen LogP contribution >= 0.6 is 0 Å². The molecule has 0 saturated carbocycles. The molecule has 1 saturated heterocycles. The van der Waals surface area contributed by atoms with Gasteiger partial charge in [-0.3, -0.25) is 0 Å². The lowest BCUT2D eigenvalue weighted by Gasteiger charge is -2.35. The van der Waals surface area contributed by atoms with Gasteiger partial charge >= 0.3 is 12.0 Å². The first-order valence-corrected chi connectivity index (χ1v) is 6.11. The lowest BCUT2D eigenvalue weighted by molar-refractivity contribution is -0.142. The molecule has 1 rings (SSSR count). The van der Waals surface area contributed by atoms with Crippen LogP contribution in [0.5, 0.6) is 0 Å². The monoisotopic (exact) mass is 276 g/mol. The Bertz CT molecular complexity index is 312. The van der Waals surface area contributed by atoms with Gasteiger partial charge < -0.3 is 29.9 Å². The van der Waals surface area contributed by atoms with Gasteiger partial charge in [0, 0.05) is 13.1 Å². The first kappa shape index (κ1) is 15.7. The van der Waals surface area contributed by atoms with Crippen LogP contribution in [0.1, 0.15) is 6.92 Å². The Labute approximate surface area is 111 Å². The number of nitrogens with zero attached hydrogens (tertiary/aromatic N) is 1. The number of nitrogens with one attached hydrogen (secondary N) is 1. The first-order chi connectivity index (χ1) is 9.02. The molecule has 1 fully saturated rings. The van der Waals surface area contributed by atoms with E-state index in [1.165, 1.54) is 0 Å². The fraction of sp³-hybridized carbons (Fsp3) is 0.818. The van der Waals surface area contributed by atoms with Crippen molar-refractivity contribution in [3.05, 3.63) is 0 Å². The maximum absolute atomic E-state index is 11.8. The summed E-state index contributed by atoms with van der Waals surface area (Å²) in [6, 6.07) is -0.271. The molecule has 1 aliphatic heterocycles. The van der Waals surface area contributed by atoms with Gasteiger partial charge in [-0.1, -0.05) is 0 Å². The molecule has 3 N–H and O–H groups in total. The van der Waals surface area contributed by atoms with E-state index < -0.39 is 5.97 Å². The molecule has 0 aromatic carbocycles. The largest absolute Gasteiger partial charge is 0.480 e. The van der Waals surface area contributed by atoms with Gasteiger partial charge in [-0.2, -0.15) is 0 Å². The zero-order chi connectivity index (χ0) is 14.3. The quantitative estimate of drug-likeness (QED) is 0.530. The maximum atomic E-state index is 11.8. The summed E-state index contributed by atoms with van der Waals surface area (Å²) in [6.45, 7) is 2.49. The first-order valence-electron chi connectivity index (χ1n) is 6.11. The number of carboxylic acid groups (broad SMARTS) is 1. The highest BCUT2D eigenvalue weighted by Gasteiger charge is 2.27. The van der Waals surface area contributed by atoms with Crippen LogP contribution < -0.4 is 5.32 Å². The minimum Gasteiger partial charge on any atom is -0.480 e. The molecule has 1 heterocycles. The molecule has 2 atom stereocenters.